The molecule has 0 aromatic heterocycles. The zero-order chi connectivity index (χ0) is 21.6. The highest BCUT2D eigenvalue weighted by molar-refractivity contribution is 6.40. The molecular weight excluding hydrogens is 381 g/mol. The molecule has 2 aromatic carbocycles. The van der Waals surface area contributed by atoms with Gasteiger partial charge in [0.1, 0.15) is 0 Å². The van der Waals surface area contributed by atoms with E-state index in [2.05, 4.69) is 10.6 Å². The van der Waals surface area contributed by atoms with E-state index >= 15 is 0 Å². The Morgan fingerprint density at radius 3 is 2.47 bits per heavy atom. The van der Waals surface area contributed by atoms with Gasteiger partial charge in [0.2, 0.25) is 0 Å². The summed E-state index contributed by atoms with van der Waals surface area (Å²) in [6, 6.07) is 18.0. The molecule has 0 radical (unpaired) electrons. The number of hydrogen-bond acceptors (Lipinski definition) is 6. The summed E-state index contributed by atoms with van der Waals surface area (Å²) in [6.07, 6.45) is 1.17. The third-order valence-corrected chi connectivity index (χ3v) is 5.98. The van der Waals surface area contributed by atoms with Crippen molar-refractivity contribution in [2.24, 2.45) is 17.1 Å². The maximum absolute atomic E-state index is 12.2. The van der Waals surface area contributed by atoms with Crippen molar-refractivity contribution < 1.29 is 19.9 Å². The van der Waals surface area contributed by atoms with E-state index in [9.17, 15) is 9.90 Å². The van der Waals surface area contributed by atoms with Crippen LogP contribution in [0.3, 0.4) is 0 Å². The first-order valence-electron chi connectivity index (χ1n) is 10.4. The Kier molecular flexibility index (Phi) is 7.50. The fourth-order valence-electron chi connectivity index (χ4n) is 4.36. The Balaban J connectivity index is 1.63. The van der Waals surface area contributed by atoms with Crippen molar-refractivity contribution in [3.05, 3.63) is 54.6 Å². The topological polar surface area (TPSA) is 128 Å². The summed E-state index contributed by atoms with van der Waals surface area (Å²) >= 11 is 0. The van der Waals surface area contributed by atoms with Gasteiger partial charge in [-0.3, -0.25) is 4.79 Å². The van der Waals surface area contributed by atoms with Crippen LogP contribution in [0.5, 0.6) is 0 Å². The predicted molar refractivity (Wildman–Crippen MR) is 119 cm³/mol. The molecular formula is C22H30BN3O4. The molecule has 1 unspecified atom stereocenters. The highest BCUT2D eigenvalue weighted by Crippen LogP contribution is 2.39. The lowest BCUT2D eigenvalue weighted by Gasteiger charge is -2.33. The first-order chi connectivity index (χ1) is 14.4. The van der Waals surface area contributed by atoms with E-state index in [1.54, 1.807) is 0 Å². The van der Waals surface area contributed by atoms with E-state index in [1.165, 1.54) is 0 Å². The molecule has 0 bridgehead atoms. The number of rotatable bonds is 10. The Morgan fingerprint density at radius 2 is 1.83 bits per heavy atom. The quantitative estimate of drug-likeness (QED) is 0.261. The second kappa shape index (κ2) is 10.1. The van der Waals surface area contributed by atoms with Gasteiger partial charge in [0.05, 0.1) is 11.6 Å². The summed E-state index contributed by atoms with van der Waals surface area (Å²) in [5.41, 5.74) is 8.41. The van der Waals surface area contributed by atoms with Crippen LogP contribution in [0.25, 0.3) is 11.1 Å². The molecule has 0 spiro atoms. The third kappa shape index (κ3) is 5.40. The Morgan fingerprint density at radius 1 is 1.17 bits per heavy atom. The monoisotopic (exact) mass is 411 g/mol. The first kappa shape index (κ1) is 22.3. The smallest absolute Gasteiger partial charge is 0.451 e. The normalized spacial score (nSPS) is 21.9. The van der Waals surface area contributed by atoms with Gasteiger partial charge in [0.25, 0.3) is 0 Å². The maximum Gasteiger partial charge on any atom is 0.451 e. The molecule has 0 saturated carbocycles. The molecule has 7 nitrogen and oxygen atoms in total. The van der Waals surface area contributed by atoms with Crippen LogP contribution in [0.1, 0.15) is 19.3 Å². The molecule has 1 aliphatic heterocycles. The average Bonchev–Trinajstić information content (AvgIpc) is 3.12. The summed E-state index contributed by atoms with van der Waals surface area (Å²) in [4.78, 5) is 12.2. The highest BCUT2D eigenvalue weighted by Gasteiger charge is 2.49. The van der Waals surface area contributed by atoms with E-state index in [0.29, 0.717) is 25.9 Å². The van der Waals surface area contributed by atoms with Crippen LogP contribution >= 0.6 is 0 Å². The third-order valence-electron chi connectivity index (χ3n) is 5.98. The number of hydrogen-bond donors (Lipinski definition) is 6. The van der Waals surface area contributed by atoms with Crippen LogP contribution in [-0.4, -0.2) is 47.5 Å². The number of carboxylic acids is 1. The molecule has 3 rings (SSSR count). The number of nitrogens with two attached hydrogens (primary N) is 1. The summed E-state index contributed by atoms with van der Waals surface area (Å²) in [6.45, 7) is 0.948. The zero-order valence-corrected chi connectivity index (χ0v) is 17.0. The summed E-state index contributed by atoms with van der Waals surface area (Å²) in [5.74, 6) is -0.972. The van der Waals surface area contributed by atoms with Crippen molar-refractivity contribution in [2.75, 3.05) is 18.4 Å². The highest BCUT2D eigenvalue weighted by atomic mass is 16.4. The minimum absolute atomic E-state index is 0.109. The maximum atomic E-state index is 12.2. The molecule has 30 heavy (non-hydrogen) atoms. The van der Waals surface area contributed by atoms with E-state index in [0.717, 1.165) is 16.8 Å². The number of anilines is 1. The Labute approximate surface area is 177 Å². The molecule has 8 heteroatoms. The van der Waals surface area contributed by atoms with E-state index in [4.69, 9.17) is 15.8 Å². The average molecular weight is 411 g/mol. The van der Waals surface area contributed by atoms with Crippen LogP contribution < -0.4 is 16.4 Å². The van der Waals surface area contributed by atoms with E-state index in [1.807, 2.05) is 54.6 Å². The molecule has 7 N–H and O–H groups in total. The molecule has 160 valence electrons. The lowest BCUT2D eigenvalue weighted by Crippen LogP contribution is -2.46. The number of benzene rings is 2. The van der Waals surface area contributed by atoms with Crippen LogP contribution in [0.2, 0.25) is 6.32 Å². The number of aliphatic carboxylic acids is 1. The molecule has 1 saturated heterocycles. The van der Waals surface area contributed by atoms with Crippen molar-refractivity contribution in [1.29, 1.82) is 0 Å². The van der Waals surface area contributed by atoms with Gasteiger partial charge in [-0.25, -0.2) is 0 Å². The van der Waals surface area contributed by atoms with Gasteiger partial charge in [-0.2, -0.15) is 0 Å². The summed E-state index contributed by atoms with van der Waals surface area (Å²) in [7, 11) is -1.36. The second-order valence-electron chi connectivity index (χ2n) is 8.10. The van der Waals surface area contributed by atoms with Crippen molar-refractivity contribution in [2.45, 2.75) is 31.7 Å². The lowest BCUT2D eigenvalue weighted by atomic mass is 9.71. The molecule has 1 aliphatic rings. The van der Waals surface area contributed by atoms with Crippen LogP contribution in [0.15, 0.2) is 54.6 Å². The summed E-state index contributed by atoms with van der Waals surface area (Å²) < 4.78 is 0. The van der Waals surface area contributed by atoms with Gasteiger partial charge < -0.3 is 31.5 Å². The standard InChI is InChI=1S/C22H30BN3O4/c24-20(26-19-10-8-17(9-11-19)16-5-2-1-3-6-16)13-22(21(27)28)15-25-14-18(22)7-4-12-23(29)30/h1-3,5-6,8-11,18,20,25-26,29-30H,4,7,12-15,24H2,(H,27,28)/t18-,20?,22+/m1/s1. The zero-order valence-electron chi connectivity index (χ0n) is 17.0. The molecule has 1 fully saturated rings. The minimum Gasteiger partial charge on any atom is -0.481 e. The molecule has 1 heterocycles. The fourth-order valence-corrected chi connectivity index (χ4v) is 4.36. The molecule has 0 amide bonds. The van der Waals surface area contributed by atoms with Crippen LogP contribution in [-0.2, 0) is 4.79 Å². The number of carboxylic acid groups (broad SMARTS) is 1. The van der Waals surface area contributed by atoms with E-state index in [-0.39, 0.29) is 18.7 Å². The van der Waals surface area contributed by atoms with Gasteiger partial charge in [0, 0.05) is 12.2 Å². The van der Waals surface area contributed by atoms with Crippen molar-refractivity contribution >= 4 is 18.8 Å². The van der Waals surface area contributed by atoms with Gasteiger partial charge in [0.15, 0.2) is 0 Å². The molecule has 2 aromatic rings. The van der Waals surface area contributed by atoms with Gasteiger partial charge >= 0.3 is 13.1 Å². The van der Waals surface area contributed by atoms with Crippen molar-refractivity contribution in [3.8, 4) is 11.1 Å². The first-order valence-corrected chi connectivity index (χ1v) is 10.4. The van der Waals surface area contributed by atoms with E-state index < -0.39 is 24.7 Å². The van der Waals surface area contributed by atoms with Gasteiger partial charge in [-0.1, -0.05) is 48.9 Å². The Bertz CT molecular complexity index is 819. The van der Waals surface area contributed by atoms with Crippen molar-refractivity contribution in [3.63, 3.8) is 0 Å². The largest absolute Gasteiger partial charge is 0.481 e. The molecule has 0 aliphatic carbocycles. The van der Waals surface area contributed by atoms with Gasteiger partial charge in [-0.15, -0.1) is 0 Å². The number of carbonyl (C=O) groups is 1. The van der Waals surface area contributed by atoms with Crippen LogP contribution in [0.4, 0.5) is 5.69 Å². The lowest BCUT2D eigenvalue weighted by molar-refractivity contribution is -0.151. The van der Waals surface area contributed by atoms with Crippen molar-refractivity contribution in [1.82, 2.24) is 5.32 Å². The fraction of sp³-hybridized carbons (Fsp3) is 0.409. The van der Waals surface area contributed by atoms with Crippen LogP contribution in [0, 0.1) is 11.3 Å². The second-order valence-corrected chi connectivity index (χ2v) is 8.10. The SMILES string of the molecule is NC(C[C@]1(C(=O)O)CNC[C@H]1CCCB(O)O)Nc1ccc(-c2ccccc2)cc1. The van der Waals surface area contributed by atoms with Gasteiger partial charge in [-0.05, 0) is 54.9 Å². The minimum atomic E-state index is -1.36. The Hall–Kier alpha value is -2.39. The predicted octanol–water partition coefficient (Wildman–Crippen LogP) is 1.98. The summed E-state index contributed by atoms with van der Waals surface area (Å²) in [5, 5.41) is 34.5. The molecule has 3 atom stereocenters. The number of nitrogens with one attached hydrogen (secondary N) is 2.